The van der Waals surface area contributed by atoms with E-state index in [1.165, 1.54) is 0 Å². The number of anilines is 1. The molecule has 3 aromatic rings. The third-order valence-electron chi connectivity index (χ3n) is 4.87. The number of benzene rings is 3. The topological polar surface area (TPSA) is 75.3 Å². The highest BCUT2D eigenvalue weighted by atomic mass is 35.5. The molecule has 0 spiro atoms. The molecule has 0 aromatic heterocycles. The van der Waals surface area contributed by atoms with E-state index in [4.69, 9.17) is 23.2 Å². The van der Waals surface area contributed by atoms with Crippen molar-refractivity contribution in [1.82, 2.24) is 5.32 Å². The Balaban J connectivity index is 1.52. The lowest BCUT2D eigenvalue weighted by atomic mass is 10.1. The number of rotatable bonds is 9. The zero-order chi connectivity index (χ0) is 24.0. The highest BCUT2D eigenvalue weighted by Gasteiger charge is 2.16. The maximum absolute atomic E-state index is 12.6. The molecule has 2 N–H and O–H groups in total. The first-order chi connectivity index (χ1) is 15.7. The fourth-order valence-corrected chi connectivity index (χ4v) is 5.55. The lowest BCUT2D eigenvalue weighted by Gasteiger charge is -2.12. The standard InChI is InChI=1S/C24H24Cl2N2O3S2/c1-16-3-8-21(9-4-16)33(30,31)28-23-10-6-18(13-17(23)2)24(29)27-11-12-32-15-19-5-7-20(25)14-22(19)26/h3-10,13-14,28H,11-12,15H2,1-2H3,(H,27,29). The Hall–Kier alpha value is -2.19. The van der Waals surface area contributed by atoms with Crippen LogP contribution in [0.5, 0.6) is 0 Å². The van der Waals surface area contributed by atoms with Gasteiger partial charge in [0.15, 0.2) is 0 Å². The second-order valence-electron chi connectivity index (χ2n) is 7.49. The molecule has 5 nitrogen and oxygen atoms in total. The average molecular weight is 524 g/mol. The summed E-state index contributed by atoms with van der Waals surface area (Å²) in [7, 11) is -3.70. The zero-order valence-electron chi connectivity index (χ0n) is 18.2. The van der Waals surface area contributed by atoms with Crippen molar-refractivity contribution in [2.24, 2.45) is 0 Å². The number of sulfonamides is 1. The van der Waals surface area contributed by atoms with Gasteiger partial charge in [0.2, 0.25) is 0 Å². The van der Waals surface area contributed by atoms with Gasteiger partial charge in [-0.05, 0) is 67.4 Å². The SMILES string of the molecule is Cc1ccc(S(=O)(=O)Nc2ccc(C(=O)NCCSCc3ccc(Cl)cc3Cl)cc2C)cc1. The van der Waals surface area contributed by atoms with Crippen molar-refractivity contribution in [1.29, 1.82) is 0 Å². The number of thioether (sulfide) groups is 1. The lowest BCUT2D eigenvalue weighted by Crippen LogP contribution is -2.26. The summed E-state index contributed by atoms with van der Waals surface area (Å²) < 4.78 is 27.8. The molecule has 0 radical (unpaired) electrons. The minimum Gasteiger partial charge on any atom is -0.351 e. The highest BCUT2D eigenvalue weighted by molar-refractivity contribution is 7.98. The number of hydrogen-bond acceptors (Lipinski definition) is 4. The van der Waals surface area contributed by atoms with Crippen LogP contribution in [0.2, 0.25) is 10.0 Å². The molecule has 0 unspecified atom stereocenters. The van der Waals surface area contributed by atoms with E-state index in [2.05, 4.69) is 10.0 Å². The monoisotopic (exact) mass is 522 g/mol. The fourth-order valence-electron chi connectivity index (χ4n) is 3.00. The van der Waals surface area contributed by atoms with Crippen LogP contribution in [0.3, 0.4) is 0 Å². The molecule has 3 aromatic carbocycles. The molecule has 0 aliphatic carbocycles. The molecule has 174 valence electrons. The maximum atomic E-state index is 12.6. The molecular weight excluding hydrogens is 499 g/mol. The Kier molecular flexibility index (Phi) is 8.70. The Bertz CT molecular complexity index is 1250. The first-order valence-corrected chi connectivity index (χ1v) is 13.5. The molecule has 0 aliphatic heterocycles. The van der Waals surface area contributed by atoms with Crippen LogP contribution in [0.1, 0.15) is 27.0 Å². The molecule has 0 bridgehead atoms. The fraction of sp³-hybridized carbons (Fsp3) is 0.208. The van der Waals surface area contributed by atoms with E-state index in [1.54, 1.807) is 73.3 Å². The summed E-state index contributed by atoms with van der Waals surface area (Å²) in [5.41, 5.74) is 3.54. The summed E-state index contributed by atoms with van der Waals surface area (Å²) in [4.78, 5) is 12.7. The second-order valence-corrected chi connectivity index (χ2v) is 11.1. The summed E-state index contributed by atoms with van der Waals surface area (Å²) >= 11 is 13.7. The Morgan fingerprint density at radius 3 is 2.36 bits per heavy atom. The number of hydrogen-bond donors (Lipinski definition) is 2. The second kappa shape index (κ2) is 11.3. The predicted octanol–water partition coefficient (Wildman–Crippen LogP) is 6.07. The molecule has 0 saturated heterocycles. The predicted molar refractivity (Wildman–Crippen MR) is 138 cm³/mol. The molecule has 9 heteroatoms. The van der Waals surface area contributed by atoms with Crippen molar-refractivity contribution in [3.05, 3.63) is 93.0 Å². The van der Waals surface area contributed by atoms with Crippen LogP contribution in [0, 0.1) is 13.8 Å². The van der Waals surface area contributed by atoms with Gasteiger partial charge in [-0.2, -0.15) is 11.8 Å². The summed E-state index contributed by atoms with van der Waals surface area (Å²) in [6, 6.07) is 16.9. The van der Waals surface area contributed by atoms with Gasteiger partial charge in [0.25, 0.3) is 15.9 Å². The number of halogens is 2. The van der Waals surface area contributed by atoms with E-state index in [0.717, 1.165) is 22.6 Å². The Morgan fingerprint density at radius 2 is 1.70 bits per heavy atom. The average Bonchev–Trinajstić information content (AvgIpc) is 2.76. The van der Waals surface area contributed by atoms with Gasteiger partial charge in [-0.25, -0.2) is 8.42 Å². The van der Waals surface area contributed by atoms with Crippen molar-refractivity contribution >= 4 is 56.6 Å². The normalized spacial score (nSPS) is 11.3. The molecule has 0 saturated carbocycles. The molecule has 0 heterocycles. The Morgan fingerprint density at radius 1 is 0.970 bits per heavy atom. The van der Waals surface area contributed by atoms with Crippen molar-refractivity contribution in [2.45, 2.75) is 24.5 Å². The maximum Gasteiger partial charge on any atom is 0.261 e. The molecule has 33 heavy (non-hydrogen) atoms. The van der Waals surface area contributed by atoms with Crippen LogP contribution in [-0.2, 0) is 15.8 Å². The van der Waals surface area contributed by atoms with Crippen molar-refractivity contribution in [3.63, 3.8) is 0 Å². The first-order valence-electron chi connectivity index (χ1n) is 10.2. The molecule has 0 aliphatic rings. The van der Waals surface area contributed by atoms with Gasteiger partial charge in [-0.1, -0.05) is 47.0 Å². The molecule has 3 rings (SSSR count). The van der Waals surface area contributed by atoms with Crippen LogP contribution < -0.4 is 10.0 Å². The van der Waals surface area contributed by atoms with Gasteiger partial charge in [-0.15, -0.1) is 0 Å². The number of aryl methyl sites for hydroxylation is 2. The van der Waals surface area contributed by atoms with E-state index < -0.39 is 10.0 Å². The van der Waals surface area contributed by atoms with Crippen molar-refractivity contribution in [2.75, 3.05) is 17.0 Å². The largest absolute Gasteiger partial charge is 0.351 e. The molecular formula is C24H24Cl2N2O3S2. The molecule has 0 fully saturated rings. The summed E-state index contributed by atoms with van der Waals surface area (Å²) in [6.45, 7) is 4.15. The quantitative estimate of drug-likeness (QED) is 0.334. The van der Waals surface area contributed by atoms with E-state index in [0.29, 0.717) is 33.4 Å². The number of carbonyl (C=O) groups is 1. The van der Waals surface area contributed by atoms with Crippen LogP contribution >= 0.6 is 35.0 Å². The third-order valence-corrected chi connectivity index (χ3v) is 7.85. The minimum absolute atomic E-state index is 0.187. The van der Waals surface area contributed by atoms with E-state index in [1.807, 2.05) is 13.0 Å². The van der Waals surface area contributed by atoms with Crippen LogP contribution in [0.25, 0.3) is 0 Å². The van der Waals surface area contributed by atoms with Gasteiger partial charge in [0, 0.05) is 33.7 Å². The van der Waals surface area contributed by atoms with E-state index >= 15 is 0 Å². The van der Waals surface area contributed by atoms with Crippen LogP contribution in [-0.4, -0.2) is 26.6 Å². The minimum atomic E-state index is -3.70. The zero-order valence-corrected chi connectivity index (χ0v) is 21.3. The molecule has 1 amide bonds. The van der Waals surface area contributed by atoms with Gasteiger partial charge in [0.1, 0.15) is 0 Å². The smallest absolute Gasteiger partial charge is 0.261 e. The van der Waals surface area contributed by atoms with E-state index in [9.17, 15) is 13.2 Å². The van der Waals surface area contributed by atoms with E-state index in [-0.39, 0.29) is 10.8 Å². The van der Waals surface area contributed by atoms with Gasteiger partial charge in [-0.3, -0.25) is 9.52 Å². The van der Waals surface area contributed by atoms with Gasteiger partial charge in [0.05, 0.1) is 10.6 Å². The van der Waals surface area contributed by atoms with Crippen LogP contribution in [0.15, 0.2) is 65.6 Å². The van der Waals surface area contributed by atoms with Crippen LogP contribution in [0.4, 0.5) is 5.69 Å². The van der Waals surface area contributed by atoms with Crippen molar-refractivity contribution in [3.8, 4) is 0 Å². The van der Waals surface area contributed by atoms with Crippen molar-refractivity contribution < 1.29 is 13.2 Å². The third kappa shape index (κ3) is 7.14. The van der Waals surface area contributed by atoms with Gasteiger partial charge < -0.3 is 5.32 Å². The number of nitrogens with one attached hydrogen (secondary N) is 2. The molecule has 0 atom stereocenters. The number of carbonyl (C=O) groups excluding carboxylic acids is 1. The summed E-state index contributed by atoms with van der Waals surface area (Å²) in [5, 5.41) is 4.12. The Labute approximate surface area is 208 Å². The summed E-state index contributed by atoms with van der Waals surface area (Å²) in [5.74, 6) is 1.23. The first kappa shape index (κ1) is 25.4. The van der Waals surface area contributed by atoms with Gasteiger partial charge >= 0.3 is 0 Å². The highest BCUT2D eigenvalue weighted by Crippen LogP contribution is 2.25. The number of amides is 1. The summed E-state index contributed by atoms with van der Waals surface area (Å²) in [6.07, 6.45) is 0. The lowest BCUT2D eigenvalue weighted by molar-refractivity contribution is 0.0956.